The highest BCUT2D eigenvalue weighted by Crippen LogP contribution is 2.49. The molecule has 0 aromatic heterocycles. The van der Waals surface area contributed by atoms with Gasteiger partial charge in [0, 0.05) is 13.5 Å². The lowest BCUT2D eigenvalue weighted by atomic mass is 9.86. The standard InChI is InChI=1S/C23H27NO/c1-24(22(25)16-21-15-17-12-13-20(21)14-17)23(18-8-4-2-5-9-18)19-10-6-3-7-11-19/h2-11,17,20-21,23H,12-16H2,1H3/t17-,20-,21-/m1/s1. The van der Waals surface area contributed by atoms with Gasteiger partial charge in [-0.3, -0.25) is 4.79 Å². The Hall–Kier alpha value is -2.09. The number of carbonyl (C=O) groups is 1. The van der Waals surface area contributed by atoms with Crippen LogP contribution in [0.1, 0.15) is 49.3 Å². The lowest BCUT2D eigenvalue weighted by Crippen LogP contribution is -2.34. The maximum Gasteiger partial charge on any atom is 0.223 e. The van der Waals surface area contributed by atoms with Crippen LogP contribution in [0.4, 0.5) is 0 Å². The van der Waals surface area contributed by atoms with Gasteiger partial charge in [-0.2, -0.15) is 0 Å². The van der Waals surface area contributed by atoms with Crippen LogP contribution in [0, 0.1) is 17.8 Å². The molecular formula is C23H27NO. The third-order valence-electron chi connectivity index (χ3n) is 6.33. The first kappa shape index (κ1) is 16.4. The normalized spacial score (nSPS) is 24.6. The summed E-state index contributed by atoms with van der Waals surface area (Å²) in [5, 5.41) is 0. The van der Waals surface area contributed by atoms with Crippen LogP contribution < -0.4 is 0 Å². The number of benzene rings is 2. The molecule has 2 nitrogen and oxygen atoms in total. The summed E-state index contributed by atoms with van der Waals surface area (Å²) in [7, 11) is 1.97. The fourth-order valence-corrected chi connectivity index (χ4v) is 5.05. The van der Waals surface area contributed by atoms with Crippen molar-refractivity contribution in [2.45, 2.75) is 38.1 Å². The molecule has 25 heavy (non-hydrogen) atoms. The minimum atomic E-state index is -0.00603. The average Bonchev–Trinajstić information content (AvgIpc) is 3.27. The first-order valence-electron chi connectivity index (χ1n) is 9.58. The number of amides is 1. The molecule has 0 N–H and O–H groups in total. The van der Waals surface area contributed by atoms with Crippen LogP contribution in [0.25, 0.3) is 0 Å². The quantitative estimate of drug-likeness (QED) is 0.749. The van der Waals surface area contributed by atoms with Gasteiger partial charge in [0.1, 0.15) is 0 Å². The molecule has 3 atom stereocenters. The van der Waals surface area contributed by atoms with Gasteiger partial charge in [-0.15, -0.1) is 0 Å². The van der Waals surface area contributed by atoms with Crippen LogP contribution in [-0.2, 0) is 4.79 Å². The van der Waals surface area contributed by atoms with Crippen molar-refractivity contribution in [1.82, 2.24) is 4.90 Å². The highest BCUT2D eigenvalue weighted by Gasteiger charge is 2.40. The molecule has 2 aliphatic rings. The Kier molecular flexibility index (Phi) is 4.61. The summed E-state index contributed by atoms with van der Waals surface area (Å²) in [5.41, 5.74) is 2.36. The number of rotatable bonds is 5. The molecule has 130 valence electrons. The summed E-state index contributed by atoms with van der Waals surface area (Å²) >= 11 is 0. The van der Waals surface area contributed by atoms with Gasteiger partial charge in [-0.1, -0.05) is 67.1 Å². The van der Waals surface area contributed by atoms with Crippen molar-refractivity contribution in [1.29, 1.82) is 0 Å². The minimum Gasteiger partial charge on any atom is -0.335 e. The molecular weight excluding hydrogens is 306 g/mol. The van der Waals surface area contributed by atoms with Gasteiger partial charge in [0.25, 0.3) is 0 Å². The van der Waals surface area contributed by atoms with Crippen LogP contribution in [0.2, 0.25) is 0 Å². The van der Waals surface area contributed by atoms with Gasteiger partial charge in [0.15, 0.2) is 0 Å². The second-order valence-electron chi connectivity index (χ2n) is 7.87. The van der Waals surface area contributed by atoms with Gasteiger partial charge in [0.05, 0.1) is 6.04 Å². The van der Waals surface area contributed by atoms with Gasteiger partial charge in [-0.05, 0) is 48.1 Å². The van der Waals surface area contributed by atoms with E-state index in [4.69, 9.17) is 0 Å². The van der Waals surface area contributed by atoms with Crippen LogP contribution >= 0.6 is 0 Å². The first-order chi connectivity index (χ1) is 12.2. The van der Waals surface area contributed by atoms with Crippen molar-refractivity contribution < 1.29 is 4.79 Å². The zero-order valence-electron chi connectivity index (χ0n) is 15.0. The molecule has 1 amide bonds. The summed E-state index contributed by atoms with van der Waals surface area (Å²) in [6.45, 7) is 0. The molecule has 2 bridgehead atoms. The van der Waals surface area contributed by atoms with E-state index in [-0.39, 0.29) is 11.9 Å². The molecule has 2 heteroatoms. The SMILES string of the molecule is CN(C(=O)C[C@H]1C[C@@H]2CC[C@@H]1C2)C(c1ccccc1)c1ccccc1. The lowest BCUT2D eigenvalue weighted by molar-refractivity contribution is -0.132. The molecule has 0 unspecified atom stereocenters. The molecule has 0 heterocycles. The molecule has 2 aliphatic carbocycles. The van der Waals surface area contributed by atoms with Crippen molar-refractivity contribution in [2.24, 2.45) is 17.8 Å². The van der Waals surface area contributed by atoms with E-state index in [0.29, 0.717) is 12.3 Å². The highest BCUT2D eigenvalue weighted by molar-refractivity contribution is 5.77. The molecule has 2 aromatic rings. The second kappa shape index (κ2) is 7.03. The van der Waals surface area contributed by atoms with E-state index in [1.54, 1.807) is 0 Å². The van der Waals surface area contributed by atoms with E-state index in [0.717, 1.165) is 11.8 Å². The van der Waals surface area contributed by atoms with Crippen LogP contribution in [0.15, 0.2) is 60.7 Å². The summed E-state index contributed by atoms with van der Waals surface area (Å²) in [6.07, 6.45) is 6.08. The monoisotopic (exact) mass is 333 g/mol. The third-order valence-corrected chi connectivity index (χ3v) is 6.33. The largest absolute Gasteiger partial charge is 0.335 e. The Morgan fingerprint density at radius 3 is 2.04 bits per heavy atom. The van der Waals surface area contributed by atoms with E-state index < -0.39 is 0 Å². The molecule has 4 rings (SSSR count). The van der Waals surface area contributed by atoms with Crippen LogP contribution in [-0.4, -0.2) is 17.9 Å². The van der Waals surface area contributed by atoms with E-state index in [9.17, 15) is 4.79 Å². The highest BCUT2D eigenvalue weighted by atomic mass is 16.2. The predicted octanol–water partition coefficient (Wildman–Crippen LogP) is 5.06. The number of hydrogen-bond donors (Lipinski definition) is 0. The Morgan fingerprint density at radius 2 is 1.56 bits per heavy atom. The van der Waals surface area contributed by atoms with Crippen molar-refractivity contribution in [3.63, 3.8) is 0 Å². The zero-order valence-corrected chi connectivity index (χ0v) is 15.0. The van der Waals surface area contributed by atoms with Crippen molar-refractivity contribution in [3.8, 4) is 0 Å². The summed E-state index contributed by atoms with van der Waals surface area (Å²) < 4.78 is 0. The maximum atomic E-state index is 13.1. The molecule has 0 spiro atoms. The predicted molar refractivity (Wildman–Crippen MR) is 101 cm³/mol. The Labute approximate surface area is 150 Å². The van der Waals surface area contributed by atoms with E-state index in [2.05, 4.69) is 48.5 Å². The fraction of sp³-hybridized carbons (Fsp3) is 0.435. The Bertz CT molecular complexity index is 672. The van der Waals surface area contributed by atoms with E-state index >= 15 is 0 Å². The third kappa shape index (κ3) is 3.35. The van der Waals surface area contributed by atoms with Gasteiger partial charge in [-0.25, -0.2) is 0 Å². The fourth-order valence-electron chi connectivity index (χ4n) is 5.05. The topological polar surface area (TPSA) is 20.3 Å². The number of fused-ring (bicyclic) bond motifs is 2. The average molecular weight is 333 g/mol. The first-order valence-corrected chi connectivity index (χ1v) is 9.58. The minimum absolute atomic E-state index is 0.00603. The smallest absolute Gasteiger partial charge is 0.223 e. The van der Waals surface area contributed by atoms with Crippen LogP contribution in [0.3, 0.4) is 0 Å². The summed E-state index contributed by atoms with van der Waals surface area (Å²) in [6, 6.07) is 20.8. The van der Waals surface area contributed by atoms with E-state index in [1.807, 2.05) is 24.1 Å². The van der Waals surface area contributed by atoms with Gasteiger partial charge >= 0.3 is 0 Å². The second-order valence-corrected chi connectivity index (χ2v) is 7.87. The summed E-state index contributed by atoms with van der Waals surface area (Å²) in [4.78, 5) is 15.1. The van der Waals surface area contributed by atoms with E-state index in [1.165, 1.54) is 36.8 Å². The molecule has 2 saturated carbocycles. The van der Waals surface area contributed by atoms with Gasteiger partial charge in [0.2, 0.25) is 5.91 Å². The Morgan fingerprint density at radius 1 is 0.960 bits per heavy atom. The zero-order chi connectivity index (χ0) is 17.2. The lowest BCUT2D eigenvalue weighted by Gasteiger charge is -2.31. The van der Waals surface area contributed by atoms with Crippen molar-refractivity contribution >= 4 is 5.91 Å². The molecule has 0 saturated heterocycles. The number of carbonyl (C=O) groups excluding carboxylic acids is 1. The van der Waals surface area contributed by atoms with Crippen molar-refractivity contribution in [2.75, 3.05) is 7.05 Å². The Balaban J connectivity index is 1.55. The summed E-state index contributed by atoms with van der Waals surface area (Å²) in [5.74, 6) is 2.59. The number of nitrogens with zero attached hydrogens (tertiary/aromatic N) is 1. The maximum absolute atomic E-state index is 13.1. The van der Waals surface area contributed by atoms with Crippen molar-refractivity contribution in [3.05, 3.63) is 71.8 Å². The van der Waals surface area contributed by atoms with Gasteiger partial charge < -0.3 is 4.90 Å². The molecule has 0 radical (unpaired) electrons. The van der Waals surface area contributed by atoms with Crippen LogP contribution in [0.5, 0.6) is 0 Å². The molecule has 0 aliphatic heterocycles. The molecule has 2 aromatic carbocycles. The molecule has 2 fully saturated rings. The number of hydrogen-bond acceptors (Lipinski definition) is 1.